The lowest BCUT2D eigenvalue weighted by molar-refractivity contribution is -0.145. The monoisotopic (exact) mass is 453 g/mol. The van der Waals surface area contributed by atoms with Crippen molar-refractivity contribution < 1.29 is 29.0 Å². The summed E-state index contributed by atoms with van der Waals surface area (Å²) in [5, 5.41) is 25.5. The number of halogens is 1. The number of rotatable bonds is 4. The van der Waals surface area contributed by atoms with Gasteiger partial charge in [-0.15, -0.1) is 0 Å². The van der Waals surface area contributed by atoms with Gasteiger partial charge in [0.1, 0.15) is 11.4 Å². The van der Waals surface area contributed by atoms with Crippen LogP contribution in [0.5, 0.6) is 11.5 Å². The second-order valence-electron chi connectivity index (χ2n) is 9.04. The zero-order chi connectivity index (χ0) is 23.7. The van der Waals surface area contributed by atoms with Gasteiger partial charge in [-0.1, -0.05) is 13.0 Å². The molecule has 0 radical (unpaired) electrons. The third-order valence-electron chi connectivity index (χ3n) is 7.24. The Balaban J connectivity index is 1.64. The van der Waals surface area contributed by atoms with Crippen molar-refractivity contribution in [3.05, 3.63) is 53.3 Å². The minimum Gasteiger partial charge on any atom is -0.504 e. The molecule has 0 aliphatic carbocycles. The van der Waals surface area contributed by atoms with E-state index >= 15 is 0 Å². The number of imide groups is 1. The van der Waals surface area contributed by atoms with E-state index in [1.165, 1.54) is 35.2 Å². The molecule has 1 spiro atoms. The number of fused-ring (bicyclic) bond motifs is 4. The Labute approximate surface area is 189 Å². The number of anilines is 1. The summed E-state index contributed by atoms with van der Waals surface area (Å²) in [4.78, 5) is 41.7. The third-order valence-corrected chi connectivity index (χ3v) is 7.24. The zero-order valence-electron chi connectivity index (χ0n) is 18.1. The van der Waals surface area contributed by atoms with Crippen molar-refractivity contribution in [2.24, 2.45) is 11.8 Å². The molecule has 0 aromatic heterocycles. The molecule has 5 rings (SSSR count). The van der Waals surface area contributed by atoms with Crippen LogP contribution in [-0.4, -0.2) is 44.9 Å². The molecule has 9 heteroatoms. The summed E-state index contributed by atoms with van der Waals surface area (Å²) >= 11 is 0. The van der Waals surface area contributed by atoms with Crippen LogP contribution in [0.2, 0.25) is 0 Å². The Hall–Kier alpha value is -3.46. The molecule has 172 valence electrons. The Kier molecular flexibility index (Phi) is 4.72. The molecule has 33 heavy (non-hydrogen) atoms. The van der Waals surface area contributed by atoms with Crippen LogP contribution in [0, 0.1) is 17.7 Å². The van der Waals surface area contributed by atoms with Gasteiger partial charge in [0.15, 0.2) is 11.5 Å². The molecule has 5 atom stereocenters. The first-order valence-electron chi connectivity index (χ1n) is 11.0. The molecule has 2 aromatic rings. The summed E-state index contributed by atoms with van der Waals surface area (Å²) in [6.07, 6.45) is 0.771. The predicted octanol–water partition coefficient (Wildman–Crippen LogP) is 2.00. The van der Waals surface area contributed by atoms with Crippen LogP contribution in [0.25, 0.3) is 0 Å². The highest BCUT2D eigenvalue weighted by molar-refractivity contribution is 6.15. The van der Waals surface area contributed by atoms with E-state index < -0.39 is 41.0 Å². The third kappa shape index (κ3) is 2.88. The number of nitrogens with one attached hydrogen (secondary N) is 2. The Bertz CT molecular complexity index is 1200. The highest BCUT2D eigenvalue weighted by atomic mass is 19.1. The molecule has 3 aliphatic rings. The van der Waals surface area contributed by atoms with Gasteiger partial charge in [-0.2, -0.15) is 0 Å². The molecular formula is C24H24FN3O5. The summed E-state index contributed by atoms with van der Waals surface area (Å²) in [6.45, 7) is 3.66. The normalized spacial score (nSPS) is 28.9. The number of carbonyl (C=O) groups excluding carboxylic acids is 3. The minimum atomic E-state index is -1.58. The average molecular weight is 453 g/mol. The number of carbonyl (C=O) groups is 3. The van der Waals surface area contributed by atoms with Crippen molar-refractivity contribution in [3.63, 3.8) is 0 Å². The van der Waals surface area contributed by atoms with E-state index in [4.69, 9.17) is 0 Å². The quantitative estimate of drug-likeness (QED) is 0.415. The highest BCUT2D eigenvalue weighted by Gasteiger charge is 2.70. The molecule has 0 bridgehead atoms. The van der Waals surface area contributed by atoms with Crippen molar-refractivity contribution >= 4 is 23.4 Å². The molecule has 8 nitrogen and oxygen atoms in total. The van der Waals surface area contributed by atoms with Gasteiger partial charge < -0.3 is 15.5 Å². The van der Waals surface area contributed by atoms with Crippen LogP contribution in [0.15, 0.2) is 36.4 Å². The second kappa shape index (κ2) is 7.28. The molecule has 0 saturated carbocycles. The van der Waals surface area contributed by atoms with E-state index in [2.05, 4.69) is 10.6 Å². The van der Waals surface area contributed by atoms with Gasteiger partial charge in [0, 0.05) is 23.3 Å². The van der Waals surface area contributed by atoms with E-state index in [-0.39, 0.29) is 29.9 Å². The maximum Gasteiger partial charge on any atom is 0.250 e. The molecule has 2 fully saturated rings. The number of phenolic OH excluding ortho intramolecular Hbond substituents is 2. The molecule has 3 amide bonds. The van der Waals surface area contributed by atoms with Crippen LogP contribution in [0.1, 0.15) is 31.4 Å². The number of likely N-dealkylation sites (tertiary alicyclic amines) is 1. The first kappa shape index (κ1) is 21.4. The van der Waals surface area contributed by atoms with Crippen LogP contribution >= 0.6 is 0 Å². The number of phenols is 2. The molecule has 4 N–H and O–H groups in total. The summed E-state index contributed by atoms with van der Waals surface area (Å²) in [7, 11) is 0. The van der Waals surface area contributed by atoms with E-state index in [9.17, 15) is 29.0 Å². The molecule has 3 aliphatic heterocycles. The van der Waals surface area contributed by atoms with E-state index in [1.54, 1.807) is 13.0 Å². The number of benzene rings is 2. The van der Waals surface area contributed by atoms with Gasteiger partial charge in [-0.25, -0.2) is 4.39 Å². The number of amides is 3. The van der Waals surface area contributed by atoms with Crippen LogP contribution < -0.4 is 10.6 Å². The molecular weight excluding hydrogens is 429 g/mol. The first-order chi connectivity index (χ1) is 15.7. The Morgan fingerprint density at radius 1 is 1.09 bits per heavy atom. The number of aromatic hydroxyl groups is 2. The molecule has 3 heterocycles. The van der Waals surface area contributed by atoms with E-state index in [0.717, 1.165) is 0 Å². The Morgan fingerprint density at radius 3 is 2.55 bits per heavy atom. The summed E-state index contributed by atoms with van der Waals surface area (Å²) in [6, 6.07) is 7.26. The van der Waals surface area contributed by atoms with Crippen molar-refractivity contribution in [2.45, 2.75) is 44.3 Å². The predicted molar refractivity (Wildman–Crippen MR) is 116 cm³/mol. The zero-order valence-corrected chi connectivity index (χ0v) is 18.1. The first-order valence-corrected chi connectivity index (χ1v) is 11.0. The average Bonchev–Trinajstić information content (AvgIpc) is 3.35. The second-order valence-corrected chi connectivity index (χ2v) is 9.04. The van der Waals surface area contributed by atoms with Crippen LogP contribution in [0.3, 0.4) is 0 Å². The number of hydrogen-bond acceptors (Lipinski definition) is 6. The van der Waals surface area contributed by atoms with Crippen molar-refractivity contribution in [1.29, 1.82) is 0 Å². The number of hydrogen-bond donors (Lipinski definition) is 4. The van der Waals surface area contributed by atoms with E-state index in [0.29, 0.717) is 23.2 Å². The lowest BCUT2D eigenvalue weighted by Gasteiger charge is -2.31. The largest absolute Gasteiger partial charge is 0.504 e. The van der Waals surface area contributed by atoms with E-state index in [1.807, 2.05) is 6.92 Å². The van der Waals surface area contributed by atoms with Crippen molar-refractivity contribution in [2.75, 3.05) is 5.32 Å². The highest BCUT2D eigenvalue weighted by Crippen LogP contribution is 2.53. The minimum absolute atomic E-state index is 0.210. The summed E-state index contributed by atoms with van der Waals surface area (Å²) in [5.41, 5.74) is -0.261. The summed E-state index contributed by atoms with van der Waals surface area (Å²) in [5.74, 6) is -4.32. The van der Waals surface area contributed by atoms with Crippen LogP contribution in [-0.2, 0) is 26.3 Å². The fourth-order valence-corrected chi connectivity index (χ4v) is 5.54. The molecule has 2 saturated heterocycles. The van der Waals surface area contributed by atoms with Crippen LogP contribution in [0.4, 0.5) is 10.1 Å². The van der Waals surface area contributed by atoms with Gasteiger partial charge in [0.05, 0.1) is 11.8 Å². The fourth-order valence-electron chi connectivity index (χ4n) is 5.54. The maximum absolute atomic E-state index is 14.2. The lowest BCUT2D eigenvalue weighted by atomic mass is 9.76. The topological polar surface area (TPSA) is 119 Å². The van der Waals surface area contributed by atoms with Gasteiger partial charge in [-0.05, 0) is 55.7 Å². The molecule has 2 aromatic carbocycles. The Morgan fingerprint density at radius 2 is 1.85 bits per heavy atom. The lowest BCUT2D eigenvalue weighted by Crippen LogP contribution is -2.54. The fraction of sp³-hybridized carbons (Fsp3) is 0.375. The molecule has 3 unspecified atom stereocenters. The van der Waals surface area contributed by atoms with Crippen molar-refractivity contribution in [1.82, 2.24) is 10.2 Å². The van der Waals surface area contributed by atoms with Gasteiger partial charge in [0.25, 0.3) is 0 Å². The summed E-state index contributed by atoms with van der Waals surface area (Å²) < 4.78 is 14.2. The number of nitrogens with zero attached hydrogens (tertiary/aromatic N) is 1. The SMILES string of the molecule is CCC(C)N1C(=O)[C@@H]2C(Cc3ccc(O)c(O)c3)NC3(C(=O)Nc4ccc(F)cc43)[C@@H]2C1=O. The van der Waals surface area contributed by atoms with Crippen molar-refractivity contribution in [3.8, 4) is 11.5 Å². The van der Waals surface area contributed by atoms with Gasteiger partial charge >= 0.3 is 0 Å². The smallest absolute Gasteiger partial charge is 0.250 e. The standard InChI is InChI=1S/C24H24FN3O5/c1-3-11(2)28-21(31)19-16(8-12-4-7-17(29)18(30)9-12)27-24(20(19)22(28)32)14-10-13(25)5-6-15(14)26-23(24)33/h4-7,9-11,16,19-20,27,29-30H,3,8H2,1-2H3,(H,26,33)/t11?,16?,19-,20+,24?/m1/s1. The van der Waals surface area contributed by atoms with Gasteiger partial charge in [0.2, 0.25) is 17.7 Å². The van der Waals surface area contributed by atoms with Gasteiger partial charge in [-0.3, -0.25) is 24.6 Å². The maximum atomic E-state index is 14.2.